The van der Waals surface area contributed by atoms with E-state index in [-0.39, 0.29) is 5.56 Å². The quantitative estimate of drug-likeness (QED) is 0.566. The molecule has 0 unspecified atom stereocenters. The lowest BCUT2D eigenvalue weighted by molar-refractivity contribution is 0.964. The van der Waals surface area contributed by atoms with Crippen molar-refractivity contribution in [2.75, 3.05) is 0 Å². The van der Waals surface area contributed by atoms with Gasteiger partial charge in [0.05, 0.1) is 16.6 Å². The predicted molar refractivity (Wildman–Crippen MR) is 95.3 cm³/mol. The fraction of sp³-hybridized carbons (Fsp3) is 0.0500. The van der Waals surface area contributed by atoms with Crippen LogP contribution in [-0.4, -0.2) is 14.5 Å². The fourth-order valence-corrected chi connectivity index (χ4v) is 2.72. The average Bonchev–Trinajstić information content (AvgIpc) is 2.63. The van der Waals surface area contributed by atoms with Gasteiger partial charge in [0.2, 0.25) is 0 Å². The Balaban J connectivity index is 2.11. The smallest absolute Gasteiger partial charge is 0.266 e. The molecule has 0 atom stereocenters. The van der Waals surface area contributed by atoms with E-state index in [1.54, 1.807) is 16.8 Å². The topological polar surface area (TPSA) is 47.8 Å². The molecule has 2 aromatic heterocycles. The van der Waals surface area contributed by atoms with E-state index in [1.165, 1.54) is 0 Å². The Kier molecular flexibility index (Phi) is 3.43. The zero-order valence-electron chi connectivity index (χ0n) is 13.2. The van der Waals surface area contributed by atoms with Crippen LogP contribution < -0.4 is 5.56 Å². The van der Waals surface area contributed by atoms with E-state index in [0.29, 0.717) is 22.4 Å². The number of nitrogens with zero attached hydrogens (tertiary/aromatic N) is 3. The minimum atomic E-state index is -0.0934. The predicted octanol–water partition coefficient (Wildman–Crippen LogP) is 3.76. The van der Waals surface area contributed by atoms with E-state index in [0.717, 1.165) is 11.3 Å². The molecule has 2 heterocycles. The number of aromatic nitrogens is 3. The number of rotatable bonds is 2. The summed E-state index contributed by atoms with van der Waals surface area (Å²) in [4.78, 5) is 22.3. The van der Waals surface area contributed by atoms with Crippen molar-refractivity contribution in [2.45, 2.75) is 6.92 Å². The minimum absolute atomic E-state index is 0.0934. The van der Waals surface area contributed by atoms with Gasteiger partial charge in [-0.05, 0) is 42.8 Å². The summed E-state index contributed by atoms with van der Waals surface area (Å²) in [6.07, 6.45) is 1.78. The maximum Gasteiger partial charge on any atom is 0.266 e. The average molecular weight is 313 g/mol. The molecule has 0 saturated heterocycles. The lowest BCUT2D eigenvalue weighted by atomic mass is 10.2. The van der Waals surface area contributed by atoms with E-state index in [4.69, 9.17) is 4.98 Å². The number of para-hydroxylation sites is 2. The molecule has 24 heavy (non-hydrogen) atoms. The zero-order valence-corrected chi connectivity index (χ0v) is 13.2. The van der Waals surface area contributed by atoms with Crippen molar-refractivity contribution in [2.24, 2.45) is 0 Å². The highest BCUT2D eigenvalue weighted by atomic mass is 16.1. The maximum atomic E-state index is 13.1. The third-order valence-electron chi connectivity index (χ3n) is 3.93. The number of aryl methyl sites for hydroxylation is 1. The van der Waals surface area contributed by atoms with Crippen molar-refractivity contribution in [3.05, 3.63) is 88.8 Å². The van der Waals surface area contributed by atoms with Crippen molar-refractivity contribution in [3.8, 4) is 17.2 Å². The van der Waals surface area contributed by atoms with E-state index >= 15 is 0 Å². The van der Waals surface area contributed by atoms with Gasteiger partial charge >= 0.3 is 0 Å². The van der Waals surface area contributed by atoms with Gasteiger partial charge in [-0.3, -0.25) is 14.3 Å². The van der Waals surface area contributed by atoms with Gasteiger partial charge in [0.1, 0.15) is 5.69 Å². The molecule has 0 bridgehead atoms. The van der Waals surface area contributed by atoms with Crippen LogP contribution in [0.15, 0.2) is 77.7 Å². The first-order valence-electron chi connectivity index (χ1n) is 7.74. The molecule has 0 aliphatic carbocycles. The van der Waals surface area contributed by atoms with Crippen molar-refractivity contribution in [3.63, 3.8) is 0 Å². The molecule has 0 N–H and O–H groups in total. The number of pyridine rings is 1. The molecule has 0 aliphatic heterocycles. The molecular weight excluding hydrogens is 298 g/mol. The molecule has 4 rings (SSSR count). The van der Waals surface area contributed by atoms with Crippen molar-refractivity contribution >= 4 is 10.9 Å². The van der Waals surface area contributed by atoms with Gasteiger partial charge in [-0.2, -0.15) is 0 Å². The Morgan fingerprint density at radius 2 is 1.62 bits per heavy atom. The van der Waals surface area contributed by atoms with E-state index in [9.17, 15) is 4.79 Å². The molecule has 0 fully saturated rings. The summed E-state index contributed by atoms with van der Waals surface area (Å²) >= 11 is 0. The first kappa shape index (κ1) is 14.3. The van der Waals surface area contributed by atoms with Crippen LogP contribution in [0.5, 0.6) is 0 Å². The van der Waals surface area contributed by atoms with Gasteiger partial charge in [0.25, 0.3) is 5.56 Å². The highest BCUT2D eigenvalue weighted by Crippen LogP contribution is 2.20. The lowest BCUT2D eigenvalue weighted by Gasteiger charge is -2.13. The Bertz CT molecular complexity index is 1070. The van der Waals surface area contributed by atoms with Crippen LogP contribution in [0.4, 0.5) is 0 Å². The second-order valence-corrected chi connectivity index (χ2v) is 5.65. The molecule has 0 aliphatic rings. The fourth-order valence-electron chi connectivity index (χ4n) is 2.72. The normalized spacial score (nSPS) is 10.9. The Labute approximate surface area is 139 Å². The summed E-state index contributed by atoms with van der Waals surface area (Å²) in [6, 6.07) is 20.8. The van der Waals surface area contributed by atoms with Gasteiger partial charge in [0, 0.05) is 6.20 Å². The number of hydrogen-bond acceptors (Lipinski definition) is 3. The standard InChI is InChI=1S/C20H15N3O/c1-14-11-12-18(21-13-14)19-22-17-10-6-5-9-16(17)20(24)23(19)15-7-3-2-4-8-15/h2-13H,1H3. The van der Waals surface area contributed by atoms with E-state index < -0.39 is 0 Å². The van der Waals surface area contributed by atoms with Crippen molar-refractivity contribution in [1.29, 1.82) is 0 Å². The lowest BCUT2D eigenvalue weighted by Crippen LogP contribution is -2.22. The Morgan fingerprint density at radius 1 is 0.875 bits per heavy atom. The minimum Gasteiger partial charge on any atom is -0.268 e. The summed E-state index contributed by atoms with van der Waals surface area (Å²) in [5.41, 5.74) is 3.09. The molecule has 4 nitrogen and oxygen atoms in total. The Hall–Kier alpha value is -3.27. The molecule has 4 heteroatoms. The highest BCUT2D eigenvalue weighted by molar-refractivity contribution is 5.80. The van der Waals surface area contributed by atoms with Gasteiger partial charge in [-0.25, -0.2) is 4.98 Å². The summed E-state index contributed by atoms with van der Waals surface area (Å²) < 4.78 is 1.62. The summed E-state index contributed by atoms with van der Waals surface area (Å²) in [5.74, 6) is 0.546. The van der Waals surface area contributed by atoms with Crippen LogP contribution in [0.1, 0.15) is 5.56 Å². The van der Waals surface area contributed by atoms with Crippen LogP contribution in [0.2, 0.25) is 0 Å². The molecule has 0 amide bonds. The Morgan fingerprint density at radius 3 is 2.38 bits per heavy atom. The third-order valence-corrected chi connectivity index (χ3v) is 3.93. The summed E-state index contributed by atoms with van der Waals surface area (Å²) in [7, 11) is 0. The first-order chi connectivity index (χ1) is 11.7. The third kappa shape index (κ3) is 2.38. The van der Waals surface area contributed by atoms with Gasteiger partial charge in [0.15, 0.2) is 5.82 Å². The maximum absolute atomic E-state index is 13.1. The van der Waals surface area contributed by atoms with Crippen LogP contribution >= 0.6 is 0 Å². The summed E-state index contributed by atoms with van der Waals surface area (Å²) in [6.45, 7) is 1.98. The zero-order chi connectivity index (χ0) is 16.5. The second kappa shape index (κ2) is 5.74. The molecule has 2 aromatic carbocycles. The van der Waals surface area contributed by atoms with Crippen LogP contribution in [0.3, 0.4) is 0 Å². The number of fused-ring (bicyclic) bond motifs is 1. The largest absolute Gasteiger partial charge is 0.268 e. The van der Waals surface area contributed by atoms with Crippen molar-refractivity contribution < 1.29 is 0 Å². The van der Waals surface area contributed by atoms with Crippen LogP contribution in [0.25, 0.3) is 28.1 Å². The van der Waals surface area contributed by atoms with Crippen LogP contribution in [-0.2, 0) is 0 Å². The molecule has 0 radical (unpaired) electrons. The number of benzene rings is 2. The van der Waals surface area contributed by atoms with E-state index in [2.05, 4.69) is 4.98 Å². The molecule has 0 saturated carbocycles. The molecule has 116 valence electrons. The SMILES string of the molecule is Cc1ccc(-c2nc3ccccc3c(=O)n2-c2ccccc2)nc1. The second-order valence-electron chi connectivity index (χ2n) is 5.65. The van der Waals surface area contributed by atoms with Gasteiger partial charge in [-0.1, -0.05) is 36.4 Å². The molecule has 4 aromatic rings. The van der Waals surface area contributed by atoms with Crippen molar-refractivity contribution in [1.82, 2.24) is 14.5 Å². The van der Waals surface area contributed by atoms with Gasteiger partial charge < -0.3 is 0 Å². The number of hydrogen-bond donors (Lipinski definition) is 0. The summed E-state index contributed by atoms with van der Waals surface area (Å²) in [5, 5.41) is 0.595. The monoisotopic (exact) mass is 313 g/mol. The molecular formula is C20H15N3O. The first-order valence-corrected chi connectivity index (χ1v) is 7.74. The van der Waals surface area contributed by atoms with Gasteiger partial charge in [-0.15, -0.1) is 0 Å². The highest BCUT2D eigenvalue weighted by Gasteiger charge is 2.14. The molecule has 0 spiro atoms. The van der Waals surface area contributed by atoms with Crippen LogP contribution in [0, 0.1) is 6.92 Å². The van der Waals surface area contributed by atoms with E-state index in [1.807, 2.05) is 67.6 Å².